The normalized spacial score (nSPS) is 16.1. The molecule has 0 amide bonds. The predicted molar refractivity (Wildman–Crippen MR) is 227 cm³/mol. The quantitative estimate of drug-likeness (QED) is 0.0372. The minimum atomic E-state index is -2.18. The van der Waals surface area contributed by atoms with E-state index in [4.69, 9.17) is 34.3 Å². The second-order valence-corrected chi connectivity index (χ2v) is 16.0. The second kappa shape index (κ2) is 28.4. The van der Waals surface area contributed by atoms with E-state index in [1.165, 1.54) is 103 Å². The van der Waals surface area contributed by atoms with Crippen LogP contribution in [0.3, 0.4) is 0 Å². The number of fused-ring (bicyclic) bond motifs is 1. The van der Waals surface area contributed by atoms with Crippen LogP contribution in [0.25, 0.3) is 11.2 Å². The summed E-state index contributed by atoms with van der Waals surface area (Å²) in [4.78, 5) is 18.7. The molecule has 4 aromatic rings. The number of nitrogens with two attached hydrogens (primary N) is 1. The third-order valence-electron chi connectivity index (χ3n) is 10.5. The lowest BCUT2D eigenvalue weighted by Gasteiger charge is -2.21. The van der Waals surface area contributed by atoms with Crippen molar-refractivity contribution in [1.29, 1.82) is 10.5 Å². The lowest BCUT2D eigenvalue weighted by molar-refractivity contribution is -0.0493. The standard InChI is InChI=1S/C42H63N8O6P.CHN/c1-2-3-4-5-6-7-8-9-10-11-12-13-14-15-16-17-24-52-28-37(53-27-34-18-19-35(26-43)40(25-34)49-33-45-31-47-49)30-55-57(51)54-29-36-20-23-41(56-36)38-21-22-39-42(44)46-32-48-50(38)39;1-2/h18-19,21-22,25,31-33,36-37,41,51H,2-17,20,23-24,27-30H2,1H3,(H2,44,46,48);1H. The van der Waals surface area contributed by atoms with Gasteiger partial charge in [-0.1, -0.05) is 109 Å². The van der Waals surface area contributed by atoms with E-state index in [-0.39, 0.29) is 32.0 Å². The van der Waals surface area contributed by atoms with Gasteiger partial charge in [0.2, 0.25) is 0 Å². The van der Waals surface area contributed by atoms with Gasteiger partial charge in [0, 0.05) is 13.2 Å². The lowest BCUT2D eigenvalue weighted by Crippen LogP contribution is -2.25. The molecule has 5 rings (SSSR count). The van der Waals surface area contributed by atoms with Crippen molar-refractivity contribution in [2.75, 3.05) is 32.2 Å². The van der Waals surface area contributed by atoms with Crippen LogP contribution in [-0.4, -0.2) is 72.9 Å². The van der Waals surface area contributed by atoms with Crippen LogP contribution in [0, 0.1) is 23.2 Å². The molecule has 1 saturated heterocycles. The van der Waals surface area contributed by atoms with Gasteiger partial charge in [-0.3, -0.25) is 0 Å². The Hall–Kier alpha value is -4.05. The highest BCUT2D eigenvalue weighted by Gasteiger charge is 2.30. The number of anilines is 1. The van der Waals surface area contributed by atoms with Crippen LogP contribution in [0.4, 0.5) is 5.82 Å². The highest BCUT2D eigenvalue weighted by Crippen LogP contribution is 2.38. The molecular formula is C43H64N9O6P. The van der Waals surface area contributed by atoms with E-state index in [1.807, 2.05) is 24.3 Å². The second-order valence-electron chi connectivity index (χ2n) is 15.0. The Balaban J connectivity index is 0.00000378. The molecule has 15 nitrogen and oxygen atoms in total. The van der Waals surface area contributed by atoms with E-state index in [9.17, 15) is 10.2 Å². The zero-order valence-electron chi connectivity index (χ0n) is 34.8. The zero-order chi connectivity index (χ0) is 41.9. The van der Waals surface area contributed by atoms with Crippen molar-refractivity contribution in [3.8, 4) is 18.3 Å². The summed E-state index contributed by atoms with van der Waals surface area (Å²) in [6, 6.07) is 11.5. The van der Waals surface area contributed by atoms with E-state index < -0.39 is 14.7 Å². The van der Waals surface area contributed by atoms with Crippen molar-refractivity contribution >= 4 is 19.9 Å². The molecule has 59 heavy (non-hydrogen) atoms. The smallest absolute Gasteiger partial charge is 0.330 e. The van der Waals surface area contributed by atoms with Gasteiger partial charge in [-0.2, -0.15) is 15.5 Å². The number of rotatable bonds is 30. The first-order valence-corrected chi connectivity index (χ1v) is 22.5. The highest BCUT2D eigenvalue weighted by atomic mass is 31.2. The molecule has 1 aromatic carbocycles. The molecule has 16 heteroatoms. The molecule has 1 fully saturated rings. The molecule has 1 aliphatic heterocycles. The van der Waals surface area contributed by atoms with Crippen LogP contribution in [-0.2, 0) is 29.9 Å². The number of unbranched alkanes of at least 4 members (excludes halogenated alkanes) is 15. The van der Waals surface area contributed by atoms with E-state index in [2.05, 4.69) is 39.7 Å². The van der Waals surface area contributed by atoms with Crippen molar-refractivity contribution in [1.82, 2.24) is 29.4 Å². The average molecular weight is 834 g/mol. The summed E-state index contributed by atoms with van der Waals surface area (Å²) in [6.07, 6.45) is 26.3. The summed E-state index contributed by atoms with van der Waals surface area (Å²) in [5, 5.41) is 24.6. The Morgan fingerprint density at radius 2 is 1.59 bits per heavy atom. The van der Waals surface area contributed by atoms with Gasteiger partial charge in [0.1, 0.15) is 42.8 Å². The van der Waals surface area contributed by atoms with E-state index in [0.29, 0.717) is 30.3 Å². The Morgan fingerprint density at radius 3 is 2.25 bits per heavy atom. The highest BCUT2D eigenvalue weighted by molar-refractivity contribution is 7.40. The number of aromatic nitrogens is 6. The number of hydrogen-bond acceptors (Lipinski definition) is 13. The van der Waals surface area contributed by atoms with E-state index >= 15 is 0 Å². The summed E-state index contributed by atoms with van der Waals surface area (Å²) < 4.78 is 33.3. The maximum absolute atomic E-state index is 10.7. The fourth-order valence-electron chi connectivity index (χ4n) is 7.20. The maximum atomic E-state index is 10.7. The fourth-order valence-corrected chi connectivity index (χ4v) is 7.87. The van der Waals surface area contributed by atoms with Crippen molar-refractivity contribution < 1.29 is 28.2 Å². The fraction of sp³-hybridized carbons (Fsp3) is 0.628. The van der Waals surface area contributed by atoms with Gasteiger partial charge >= 0.3 is 8.60 Å². The Morgan fingerprint density at radius 1 is 0.898 bits per heavy atom. The first-order chi connectivity index (χ1) is 29.1. The first-order valence-electron chi connectivity index (χ1n) is 21.4. The van der Waals surface area contributed by atoms with Gasteiger partial charge in [-0.25, -0.2) is 24.4 Å². The largest absolute Gasteiger partial charge is 0.382 e. The molecule has 0 aliphatic carbocycles. The maximum Gasteiger partial charge on any atom is 0.330 e. The molecule has 4 unspecified atom stereocenters. The van der Waals surface area contributed by atoms with E-state index in [0.717, 1.165) is 42.5 Å². The van der Waals surface area contributed by atoms with Gasteiger partial charge in [0.05, 0.1) is 49.5 Å². The van der Waals surface area contributed by atoms with Gasteiger partial charge in [0.25, 0.3) is 0 Å². The zero-order valence-corrected chi connectivity index (χ0v) is 35.7. The number of nitriles is 2. The molecule has 3 N–H and O–H groups in total. The number of nitrogens with zero attached hydrogens (tertiary/aromatic N) is 8. The number of benzene rings is 1. The van der Waals surface area contributed by atoms with Gasteiger partial charge in [-0.15, -0.1) is 0 Å². The summed E-state index contributed by atoms with van der Waals surface area (Å²) in [5.41, 5.74) is 9.59. The molecule has 4 heterocycles. The van der Waals surface area contributed by atoms with Crippen LogP contribution < -0.4 is 5.73 Å². The summed E-state index contributed by atoms with van der Waals surface area (Å²) >= 11 is 0. The van der Waals surface area contributed by atoms with Gasteiger partial charge in [-0.05, 0) is 49.1 Å². The molecular weight excluding hydrogens is 770 g/mol. The van der Waals surface area contributed by atoms with Gasteiger partial charge < -0.3 is 33.9 Å². The minimum absolute atomic E-state index is 0.0821. The van der Waals surface area contributed by atoms with Gasteiger partial charge in [0.15, 0.2) is 5.82 Å². The van der Waals surface area contributed by atoms with Crippen LogP contribution in [0.5, 0.6) is 0 Å². The van der Waals surface area contributed by atoms with Crippen molar-refractivity contribution in [2.45, 2.75) is 147 Å². The topological polar surface area (TPSA) is 201 Å². The summed E-state index contributed by atoms with van der Waals surface area (Å²) in [6.45, 7) is 7.23. The third-order valence-corrected chi connectivity index (χ3v) is 11.2. The monoisotopic (exact) mass is 833 g/mol. The van der Waals surface area contributed by atoms with Crippen molar-refractivity contribution in [2.24, 2.45) is 0 Å². The summed E-state index contributed by atoms with van der Waals surface area (Å²) in [5.74, 6) is 0.415. The van der Waals surface area contributed by atoms with Crippen molar-refractivity contribution in [3.63, 3.8) is 0 Å². The number of ether oxygens (including phenoxy) is 3. The first kappa shape index (κ1) is 47.6. The van der Waals surface area contributed by atoms with Crippen LogP contribution in [0.2, 0.25) is 0 Å². The molecule has 1 aliphatic rings. The molecule has 0 radical (unpaired) electrons. The molecule has 0 bridgehead atoms. The summed E-state index contributed by atoms with van der Waals surface area (Å²) in [7, 11) is -2.18. The predicted octanol–water partition coefficient (Wildman–Crippen LogP) is 9.24. The molecule has 4 atom stereocenters. The molecule has 3 aromatic heterocycles. The third kappa shape index (κ3) is 16.9. The average Bonchev–Trinajstić information content (AvgIpc) is 4.06. The SMILES string of the molecule is C#N.CCCCCCCCCCCCCCCCCCOCC(COP(O)OCC1CCC(c2ccc3c(N)ncnn23)O1)OCc1ccc(C#N)c(-n2cncn2)c1. The Bertz CT molecular complexity index is 1790. The van der Waals surface area contributed by atoms with E-state index in [1.54, 1.807) is 21.6 Å². The Labute approximate surface area is 351 Å². The van der Waals surface area contributed by atoms with Crippen LogP contribution >= 0.6 is 8.60 Å². The van der Waals surface area contributed by atoms with Crippen LogP contribution in [0.1, 0.15) is 145 Å². The minimum Gasteiger partial charge on any atom is -0.382 e. The van der Waals surface area contributed by atoms with Crippen molar-refractivity contribution in [3.05, 3.63) is 66.1 Å². The molecule has 0 spiro atoms. The number of hydrogen-bond donors (Lipinski definition) is 2. The lowest BCUT2D eigenvalue weighted by atomic mass is 10.0. The molecule has 0 saturated carbocycles. The Kier molecular flexibility index (Phi) is 22.9. The molecule has 322 valence electrons. The number of nitrogen functional groups attached to an aromatic ring is 1. The van der Waals surface area contributed by atoms with Crippen LogP contribution in [0.15, 0.2) is 49.3 Å².